The summed E-state index contributed by atoms with van der Waals surface area (Å²) in [6, 6.07) is 15.7. The molecule has 4 rings (SSSR count). The number of H-pyrrole nitrogens is 1. The van der Waals surface area contributed by atoms with E-state index in [4.69, 9.17) is 9.72 Å². The third kappa shape index (κ3) is 3.79. The second-order valence-corrected chi connectivity index (χ2v) is 8.80. The number of carbonyl (C=O) groups excluding carboxylic acids is 1. The molecule has 0 fully saturated rings. The molecule has 2 aromatic carbocycles. The fourth-order valence-electron chi connectivity index (χ4n) is 3.47. The maximum Gasteiger partial charge on any atom is 0.337 e. The summed E-state index contributed by atoms with van der Waals surface area (Å²) in [7, 11) is 5.40. The van der Waals surface area contributed by atoms with Gasteiger partial charge in [0.2, 0.25) is 0 Å². The lowest BCUT2D eigenvalue weighted by Gasteiger charge is -2.14. The van der Waals surface area contributed by atoms with Crippen molar-refractivity contribution in [3.63, 3.8) is 0 Å². The van der Waals surface area contributed by atoms with Crippen molar-refractivity contribution in [2.24, 2.45) is 0 Å². The van der Waals surface area contributed by atoms with Gasteiger partial charge in [-0.05, 0) is 42.5 Å². The van der Waals surface area contributed by atoms with Crippen molar-refractivity contribution < 1.29 is 9.53 Å². The molecule has 1 N–H and O–H groups in total. The highest BCUT2D eigenvalue weighted by Crippen LogP contribution is 2.31. The van der Waals surface area contributed by atoms with Crippen LogP contribution in [0.4, 0.5) is 5.69 Å². The molecule has 0 radical (unpaired) electrons. The van der Waals surface area contributed by atoms with E-state index < -0.39 is 0 Å². The first kappa shape index (κ1) is 20.7. The summed E-state index contributed by atoms with van der Waals surface area (Å²) in [4.78, 5) is 18.9. The molecule has 0 aliphatic heterocycles. The highest BCUT2D eigenvalue weighted by Gasteiger charge is 2.21. The zero-order valence-electron chi connectivity index (χ0n) is 18.7. The highest BCUT2D eigenvalue weighted by molar-refractivity contribution is 5.94. The number of hydrogen-bond acceptors (Lipinski definition) is 5. The molecule has 0 aliphatic carbocycles. The predicted molar refractivity (Wildman–Crippen MR) is 123 cm³/mol. The first-order valence-corrected chi connectivity index (χ1v) is 10.1. The van der Waals surface area contributed by atoms with Gasteiger partial charge in [0.05, 0.1) is 23.7 Å². The molecule has 0 aliphatic rings. The van der Waals surface area contributed by atoms with E-state index in [0.717, 1.165) is 34.1 Å². The molecule has 7 nitrogen and oxygen atoms in total. The van der Waals surface area contributed by atoms with Crippen LogP contribution < -0.4 is 4.90 Å². The van der Waals surface area contributed by atoms with Crippen molar-refractivity contribution in [2.75, 3.05) is 26.1 Å². The van der Waals surface area contributed by atoms with Gasteiger partial charge in [0.1, 0.15) is 5.82 Å². The zero-order chi connectivity index (χ0) is 22.3. The summed E-state index contributed by atoms with van der Waals surface area (Å²) in [5.74, 6) is 1.13. The molecule has 0 saturated heterocycles. The standard InChI is InChI=1S/C24H27N5O2/c1-24(2,3)20-14-21(27-26-20)29-19-12-9-16(23(30)31-6)13-18(19)25-22(29)15-7-10-17(11-8-15)28(4)5/h7-14H,1-6H3,(H,26,27). The Kier molecular flexibility index (Phi) is 5.05. The Morgan fingerprint density at radius 2 is 1.77 bits per heavy atom. The van der Waals surface area contributed by atoms with Gasteiger partial charge in [-0.25, -0.2) is 9.78 Å². The summed E-state index contributed by atoms with van der Waals surface area (Å²) in [6.07, 6.45) is 0. The van der Waals surface area contributed by atoms with Crippen molar-refractivity contribution in [1.82, 2.24) is 19.7 Å². The number of aromatic amines is 1. The summed E-state index contributed by atoms with van der Waals surface area (Å²) >= 11 is 0. The molecule has 4 aromatic rings. The Labute approximate surface area is 181 Å². The van der Waals surface area contributed by atoms with Crippen molar-refractivity contribution in [1.29, 1.82) is 0 Å². The maximum absolute atomic E-state index is 12.0. The molecule has 160 valence electrons. The lowest BCUT2D eigenvalue weighted by Crippen LogP contribution is -2.11. The Bertz CT molecular complexity index is 1240. The van der Waals surface area contributed by atoms with Crippen LogP contribution in [0.3, 0.4) is 0 Å². The van der Waals surface area contributed by atoms with E-state index in [9.17, 15) is 4.79 Å². The maximum atomic E-state index is 12.0. The van der Waals surface area contributed by atoms with Gasteiger partial charge >= 0.3 is 5.97 Å². The van der Waals surface area contributed by atoms with E-state index in [1.807, 2.05) is 42.9 Å². The van der Waals surface area contributed by atoms with Crippen LogP contribution in [0.1, 0.15) is 36.8 Å². The highest BCUT2D eigenvalue weighted by atomic mass is 16.5. The molecule has 0 spiro atoms. The van der Waals surface area contributed by atoms with E-state index in [2.05, 4.69) is 48.0 Å². The number of aromatic nitrogens is 4. The monoisotopic (exact) mass is 417 g/mol. The number of nitrogens with zero attached hydrogens (tertiary/aromatic N) is 4. The number of ether oxygens (including phenoxy) is 1. The van der Waals surface area contributed by atoms with E-state index in [0.29, 0.717) is 11.1 Å². The molecule has 2 aromatic heterocycles. The lowest BCUT2D eigenvalue weighted by molar-refractivity contribution is 0.0601. The topological polar surface area (TPSA) is 76.0 Å². The molecule has 0 saturated carbocycles. The fourth-order valence-corrected chi connectivity index (χ4v) is 3.47. The molecule has 7 heteroatoms. The van der Waals surface area contributed by atoms with Gasteiger partial charge in [-0.15, -0.1) is 0 Å². The van der Waals surface area contributed by atoms with Gasteiger partial charge in [-0.2, -0.15) is 5.10 Å². The van der Waals surface area contributed by atoms with Gasteiger partial charge in [-0.1, -0.05) is 20.8 Å². The van der Waals surface area contributed by atoms with Gasteiger partial charge in [-0.3, -0.25) is 9.67 Å². The largest absolute Gasteiger partial charge is 0.465 e. The van der Waals surface area contributed by atoms with Gasteiger partial charge in [0.15, 0.2) is 5.82 Å². The number of anilines is 1. The number of hydrogen-bond donors (Lipinski definition) is 1. The second-order valence-electron chi connectivity index (χ2n) is 8.80. The third-order valence-electron chi connectivity index (χ3n) is 5.32. The van der Waals surface area contributed by atoms with E-state index in [1.165, 1.54) is 7.11 Å². The Morgan fingerprint density at radius 1 is 1.06 bits per heavy atom. The smallest absolute Gasteiger partial charge is 0.337 e. The SMILES string of the molecule is COC(=O)c1ccc2c(c1)nc(-c1ccc(N(C)C)cc1)n2-c1cc(C(C)(C)C)[nH]n1. The normalized spacial score (nSPS) is 11.7. The quantitative estimate of drug-likeness (QED) is 0.493. The first-order valence-electron chi connectivity index (χ1n) is 10.1. The minimum absolute atomic E-state index is 0.0623. The molecule has 0 atom stereocenters. The number of nitrogens with one attached hydrogen (secondary N) is 1. The molecule has 2 heterocycles. The van der Waals surface area contributed by atoms with Gasteiger partial charge < -0.3 is 9.64 Å². The van der Waals surface area contributed by atoms with Crippen LogP contribution in [0.2, 0.25) is 0 Å². The molecule has 31 heavy (non-hydrogen) atoms. The van der Waals surface area contributed by atoms with Crippen LogP contribution in [0.25, 0.3) is 28.2 Å². The number of methoxy groups -OCH3 is 1. The Hall–Kier alpha value is -3.61. The van der Waals surface area contributed by atoms with Gasteiger partial charge in [0, 0.05) is 42.5 Å². The Balaban J connectivity index is 1.93. The van der Waals surface area contributed by atoms with Crippen molar-refractivity contribution >= 4 is 22.7 Å². The molecule has 0 bridgehead atoms. The third-order valence-corrected chi connectivity index (χ3v) is 5.32. The van der Waals surface area contributed by atoms with Gasteiger partial charge in [0.25, 0.3) is 0 Å². The summed E-state index contributed by atoms with van der Waals surface area (Å²) in [5, 5.41) is 7.74. The number of rotatable bonds is 4. The lowest BCUT2D eigenvalue weighted by atomic mass is 9.92. The van der Waals surface area contributed by atoms with Crippen LogP contribution in [0.5, 0.6) is 0 Å². The van der Waals surface area contributed by atoms with Crippen molar-refractivity contribution in [2.45, 2.75) is 26.2 Å². The number of carbonyl (C=O) groups is 1. The Morgan fingerprint density at radius 3 is 2.35 bits per heavy atom. The minimum Gasteiger partial charge on any atom is -0.465 e. The van der Waals surface area contributed by atoms with Crippen LogP contribution in [-0.4, -0.2) is 46.9 Å². The van der Waals surface area contributed by atoms with Crippen molar-refractivity contribution in [3.8, 4) is 17.2 Å². The molecular weight excluding hydrogens is 390 g/mol. The minimum atomic E-state index is -0.386. The molecular formula is C24H27N5O2. The van der Waals surface area contributed by atoms with E-state index >= 15 is 0 Å². The summed E-state index contributed by atoms with van der Waals surface area (Å²) < 4.78 is 6.89. The first-order chi connectivity index (χ1) is 14.7. The average molecular weight is 418 g/mol. The van der Waals surface area contributed by atoms with Crippen LogP contribution in [0, 0.1) is 0 Å². The van der Waals surface area contributed by atoms with E-state index in [-0.39, 0.29) is 11.4 Å². The van der Waals surface area contributed by atoms with Crippen LogP contribution >= 0.6 is 0 Å². The second kappa shape index (κ2) is 7.58. The van der Waals surface area contributed by atoms with Crippen LogP contribution in [0.15, 0.2) is 48.5 Å². The van der Waals surface area contributed by atoms with Crippen LogP contribution in [-0.2, 0) is 10.2 Å². The average Bonchev–Trinajstić information content (AvgIpc) is 3.37. The summed E-state index contributed by atoms with van der Waals surface area (Å²) in [5.41, 5.74) is 5.07. The molecule has 0 unspecified atom stereocenters. The predicted octanol–water partition coefficient (Wildman–Crippen LogP) is 4.57. The number of fused-ring (bicyclic) bond motifs is 1. The number of imidazole rings is 1. The summed E-state index contributed by atoms with van der Waals surface area (Å²) in [6.45, 7) is 6.42. The van der Waals surface area contributed by atoms with Crippen molar-refractivity contribution in [3.05, 3.63) is 59.8 Å². The van der Waals surface area contributed by atoms with E-state index in [1.54, 1.807) is 12.1 Å². The fraction of sp³-hybridized carbons (Fsp3) is 0.292. The molecule has 0 amide bonds. The number of benzene rings is 2. The number of esters is 1. The zero-order valence-corrected chi connectivity index (χ0v) is 18.7.